The van der Waals surface area contributed by atoms with Gasteiger partial charge in [-0.3, -0.25) is 14.5 Å². The monoisotopic (exact) mass is 448 g/mol. The summed E-state index contributed by atoms with van der Waals surface area (Å²) in [7, 11) is 0. The highest BCUT2D eigenvalue weighted by molar-refractivity contribution is 6.01. The van der Waals surface area contributed by atoms with Crippen LogP contribution in [0.4, 0.5) is 36.3 Å². The number of para-hydroxylation sites is 2. The van der Waals surface area contributed by atoms with Gasteiger partial charge in [-0.2, -0.15) is 18.2 Å². The van der Waals surface area contributed by atoms with Gasteiger partial charge in [0.05, 0.1) is 17.4 Å². The van der Waals surface area contributed by atoms with Crippen molar-refractivity contribution < 1.29 is 22.8 Å². The minimum absolute atomic E-state index is 0.130. The fourth-order valence-electron chi connectivity index (χ4n) is 3.42. The molecule has 2 aromatic rings. The van der Waals surface area contributed by atoms with Crippen molar-refractivity contribution in [3.8, 4) is 0 Å². The Kier molecular flexibility index (Phi) is 7.08. The van der Waals surface area contributed by atoms with Gasteiger partial charge < -0.3 is 16.0 Å². The summed E-state index contributed by atoms with van der Waals surface area (Å²) in [5.74, 6) is -1.55. The van der Waals surface area contributed by atoms with Crippen LogP contribution in [0.3, 0.4) is 0 Å². The van der Waals surface area contributed by atoms with E-state index in [0.717, 1.165) is 19.0 Å². The number of nitrogens with zero attached hydrogens (tertiary/aromatic N) is 3. The van der Waals surface area contributed by atoms with Gasteiger partial charge in [0.25, 0.3) is 0 Å². The minimum atomic E-state index is -4.74. The molecule has 32 heavy (non-hydrogen) atoms. The van der Waals surface area contributed by atoms with E-state index < -0.39 is 23.5 Å². The number of carbonyl (C=O) groups excluding carboxylic acids is 2. The summed E-state index contributed by atoms with van der Waals surface area (Å²) in [5.41, 5.74) is -0.673. The second kappa shape index (κ2) is 9.77. The molecule has 0 spiro atoms. The van der Waals surface area contributed by atoms with Crippen molar-refractivity contribution >= 4 is 35.0 Å². The topological polar surface area (TPSA) is 99.3 Å². The van der Waals surface area contributed by atoms with E-state index in [4.69, 9.17) is 0 Å². The van der Waals surface area contributed by atoms with Gasteiger partial charge in [0, 0.05) is 19.7 Å². The highest BCUT2D eigenvalue weighted by atomic mass is 19.4. The van der Waals surface area contributed by atoms with Crippen LogP contribution in [0.5, 0.6) is 0 Å². The predicted molar refractivity (Wildman–Crippen MR) is 115 cm³/mol. The number of piperidine rings is 1. The zero-order valence-corrected chi connectivity index (χ0v) is 17.4. The molecule has 2 amide bonds. The summed E-state index contributed by atoms with van der Waals surface area (Å²) in [6.07, 6.45) is -1.55. The molecule has 1 aromatic carbocycles. The van der Waals surface area contributed by atoms with E-state index >= 15 is 0 Å². The lowest BCUT2D eigenvalue weighted by Gasteiger charge is -2.32. The van der Waals surface area contributed by atoms with Crippen LogP contribution in [-0.2, 0) is 15.8 Å². The molecular formula is C21H23F3N6O2. The molecule has 1 aromatic heterocycles. The van der Waals surface area contributed by atoms with Crippen molar-refractivity contribution in [2.24, 2.45) is 0 Å². The van der Waals surface area contributed by atoms with Crippen LogP contribution in [0.15, 0.2) is 43.1 Å². The number of alkyl halides is 3. The van der Waals surface area contributed by atoms with Gasteiger partial charge in [0.15, 0.2) is 0 Å². The fraction of sp³-hybridized carbons (Fsp3) is 0.333. The van der Waals surface area contributed by atoms with Crippen LogP contribution in [0.25, 0.3) is 0 Å². The Balaban J connectivity index is 2.03. The fourth-order valence-corrected chi connectivity index (χ4v) is 3.42. The van der Waals surface area contributed by atoms with Crippen LogP contribution < -0.4 is 20.9 Å². The van der Waals surface area contributed by atoms with E-state index in [1.54, 1.807) is 12.1 Å². The van der Waals surface area contributed by atoms with Gasteiger partial charge in [-0.05, 0) is 37.6 Å². The molecule has 1 fully saturated rings. The number of carbonyl (C=O) groups is 2. The van der Waals surface area contributed by atoms with E-state index in [1.807, 2.05) is 0 Å². The van der Waals surface area contributed by atoms with Gasteiger partial charge in [-0.25, -0.2) is 4.98 Å². The zero-order chi connectivity index (χ0) is 23.3. The summed E-state index contributed by atoms with van der Waals surface area (Å²) in [6, 6.07) is 5.96. The Bertz CT molecular complexity index is 1010. The van der Waals surface area contributed by atoms with Crippen LogP contribution in [0.1, 0.15) is 25.3 Å². The lowest BCUT2D eigenvalue weighted by molar-refractivity contribution is -0.137. The lowest BCUT2D eigenvalue weighted by atomic mass is 10.1. The van der Waals surface area contributed by atoms with Gasteiger partial charge in [-0.15, -0.1) is 0 Å². The molecule has 3 rings (SSSR count). The Morgan fingerprint density at radius 1 is 1.28 bits per heavy atom. The van der Waals surface area contributed by atoms with Crippen LogP contribution >= 0.6 is 0 Å². The number of nitrogens with one attached hydrogen (secondary N) is 3. The van der Waals surface area contributed by atoms with Crippen molar-refractivity contribution in [3.63, 3.8) is 0 Å². The predicted octanol–water partition coefficient (Wildman–Crippen LogP) is 3.47. The first-order valence-corrected chi connectivity index (χ1v) is 9.95. The molecule has 1 aliphatic heterocycles. The van der Waals surface area contributed by atoms with Gasteiger partial charge in [0.1, 0.15) is 11.4 Å². The van der Waals surface area contributed by atoms with E-state index in [-0.39, 0.29) is 29.3 Å². The van der Waals surface area contributed by atoms with Crippen molar-refractivity contribution in [3.05, 3.63) is 48.7 Å². The number of halogens is 3. The lowest BCUT2D eigenvalue weighted by Crippen LogP contribution is -2.49. The Morgan fingerprint density at radius 3 is 2.59 bits per heavy atom. The highest BCUT2D eigenvalue weighted by Crippen LogP contribution is 2.37. The Hall–Kier alpha value is -3.47. The van der Waals surface area contributed by atoms with Crippen molar-refractivity contribution in [1.29, 1.82) is 0 Å². The smallest absolute Gasteiger partial charge is 0.338 e. The number of anilines is 4. The summed E-state index contributed by atoms with van der Waals surface area (Å²) >= 11 is 0. The molecule has 1 saturated heterocycles. The third-order valence-electron chi connectivity index (χ3n) is 4.90. The summed E-state index contributed by atoms with van der Waals surface area (Å²) in [5, 5.41) is 8.34. The average molecular weight is 448 g/mol. The maximum Gasteiger partial charge on any atom is 0.421 e. The van der Waals surface area contributed by atoms with E-state index in [2.05, 4.69) is 32.5 Å². The number of amides is 2. The van der Waals surface area contributed by atoms with Crippen LogP contribution in [0.2, 0.25) is 0 Å². The second-order valence-corrected chi connectivity index (χ2v) is 7.18. The van der Waals surface area contributed by atoms with Crippen LogP contribution in [-0.4, -0.2) is 40.9 Å². The highest BCUT2D eigenvalue weighted by Gasteiger charge is 2.37. The Morgan fingerprint density at radius 2 is 2.00 bits per heavy atom. The first kappa shape index (κ1) is 23.2. The zero-order valence-electron chi connectivity index (χ0n) is 17.4. The van der Waals surface area contributed by atoms with E-state index in [9.17, 15) is 22.8 Å². The molecule has 0 radical (unpaired) electrons. The molecule has 1 unspecified atom stereocenters. The van der Waals surface area contributed by atoms with Gasteiger partial charge in [0.2, 0.25) is 17.8 Å². The van der Waals surface area contributed by atoms with Gasteiger partial charge in [-0.1, -0.05) is 18.7 Å². The number of benzene rings is 1. The molecule has 170 valence electrons. The van der Waals surface area contributed by atoms with Gasteiger partial charge >= 0.3 is 6.18 Å². The van der Waals surface area contributed by atoms with Crippen molar-refractivity contribution in [1.82, 2.24) is 15.3 Å². The first-order chi connectivity index (χ1) is 15.2. The maximum atomic E-state index is 13.7. The normalized spacial score (nSPS) is 16.2. The first-order valence-electron chi connectivity index (χ1n) is 9.95. The molecule has 2 heterocycles. The molecule has 0 saturated carbocycles. The van der Waals surface area contributed by atoms with E-state index in [0.29, 0.717) is 19.2 Å². The summed E-state index contributed by atoms with van der Waals surface area (Å²) < 4.78 is 41.0. The molecule has 11 heteroatoms. The number of aromatic nitrogens is 2. The average Bonchev–Trinajstić information content (AvgIpc) is 2.75. The quantitative estimate of drug-likeness (QED) is 0.586. The molecule has 1 atom stereocenters. The maximum absolute atomic E-state index is 13.7. The summed E-state index contributed by atoms with van der Waals surface area (Å²) in [6.45, 7) is 5.98. The Labute approximate surface area is 182 Å². The number of hydrogen-bond donors (Lipinski definition) is 3. The molecular weight excluding hydrogens is 425 g/mol. The van der Waals surface area contributed by atoms with Crippen LogP contribution in [0, 0.1) is 0 Å². The van der Waals surface area contributed by atoms with Crippen molar-refractivity contribution in [2.45, 2.75) is 32.0 Å². The largest absolute Gasteiger partial charge is 0.421 e. The number of rotatable bonds is 6. The van der Waals surface area contributed by atoms with Crippen molar-refractivity contribution in [2.75, 3.05) is 28.6 Å². The molecule has 3 N–H and O–H groups in total. The van der Waals surface area contributed by atoms with E-state index in [1.165, 1.54) is 24.0 Å². The number of hydrogen-bond acceptors (Lipinski definition) is 6. The molecule has 0 bridgehead atoms. The SMILES string of the molecule is C=CC(=O)Nc1ccccc1Nc1nc(N(C(C)=O)C2CCCNC2)ncc1C(F)(F)F. The molecule has 8 nitrogen and oxygen atoms in total. The second-order valence-electron chi connectivity index (χ2n) is 7.18. The third-order valence-corrected chi connectivity index (χ3v) is 4.90. The minimum Gasteiger partial charge on any atom is -0.338 e. The summed E-state index contributed by atoms with van der Waals surface area (Å²) in [4.78, 5) is 33.2. The standard InChI is InChI=1S/C21H23F3N6O2/c1-3-18(32)27-16-8-4-5-9-17(16)28-19-15(21(22,23)24)12-26-20(29-19)30(13(2)31)14-7-6-10-25-11-14/h3-5,8-9,12,14,25H,1,6-7,10-11H2,2H3,(H,27,32)(H,26,28,29). The molecule has 1 aliphatic rings. The molecule has 0 aliphatic carbocycles. The third kappa shape index (κ3) is 5.41.